The van der Waals surface area contributed by atoms with Gasteiger partial charge >= 0.3 is 0 Å². The summed E-state index contributed by atoms with van der Waals surface area (Å²) in [6.07, 6.45) is 2.19. The van der Waals surface area contributed by atoms with Gasteiger partial charge in [0, 0.05) is 24.4 Å². The van der Waals surface area contributed by atoms with E-state index in [4.69, 9.17) is 0 Å². The molecule has 0 bridgehead atoms. The average molecular weight is 160 g/mol. The van der Waals surface area contributed by atoms with Crippen molar-refractivity contribution in [3.8, 4) is 0 Å². The molecule has 10 heavy (non-hydrogen) atoms. The fraction of sp³-hybridized carbons (Fsp3) is 1.00. The van der Waals surface area contributed by atoms with Gasteiger partial charge in [-0.25, -0.2) is 0 Å². The minimum absolute atomic E-state index is 0.731. The molecular formula is C7H16N2S. The first-order chi connectivity index (χ1) is 4.75. The maximum atomic E-state index is 3.39. The van der Waals surface area contributed by atoms with Gasteiger partial charge in [-0.05, 0) is 20.4 Å². The van der Waals surface area contributed by atoms with Crippen molar-refractivity contribution in [1.82, 2.24) is 10.2 Å². The molecule has 0 amide bonds. The molecule has 0 spiro atoms. The Morgan fingerprint density at radius 2 is 2.10 bits per heavy atom. The molecule has 0 unspecified atom stereocenters. The van der Waals surface area contributed by atoms with E-state index in [9.17, 15) is 0 Å². The predicted molar refractivity (Wildman–Crippen MR) is 47.6 cm³/mol. The van der Waals surface area contributed by atoms with E-state index in [0.717, 1.165) is 17.8 Å². The molecule has 2 atom stereocenters. The summed E-state index contributed by atoms with van der Waals surface area (Å²) in [6.45, 7) is 2.32. The molecule has 2 nitrogen and oxygen atoms in total. The molecule has 0 saturated carbocycles. The van der Waals surface area contributed by atoms with Gasteiger partial charge in [-0.1, -0.05) is 0 Å². The molecule has 0 aliphatic carbocycles. The lowest BCUT2D eigenvalue weighted by Crippen LogP contribution is -2.36. The zero-order valence-electron chi connectivity index (χ0n) is 6.92. The quantitative estimate of drug-likeness (QED) is 0.623. The molecule has 1 heterocycles. The molecule has 1 saturated heterocycles. The van der Waals surface area contributed by atoms with Crippen molar-refractivity contribution in [2.45, 2.75) is 11.3 Å². The second-order valence-corrected chi connectivity index (χ2v) is 4.04. The number of nitrogens with one attached hydrogen (secondary N) is 1. The highest BCUT2D eigenvalue weighted by Gasteiger charge is 2.27. The first-order valence-electron chi connectivity index (χ1n) is 3.65. The third kappa shape index (κ3) is 1.65. The van der Waals surface area contributed by atoms with Crippen LogP contribution in [0.25, 0.3) is 0 Å². The maximum Gasteiger partial charge on any atom is 0.0345 e. The first kappa shape index (κ1) is 8.37. The number of hydrogen-bond acceptors (Lipinski definition) is 3. The van der Waals surface area contributed by atoms with Crippen LogP contribution in [-0.2, 0) is 0 Å². The number of hydrogen-bond donors (Lipinski definition) is 1. The Balaban J connectivity index is 2.42. The summed E-state index contributed by atoms with van der Waals surface area (Å²) in [5, 5.41) is 4.18. The SMILES string of the molecule is CS[C@H]1CNC[C@H]1N(C)C. The summed E-state index contributed by atoms with van der Waals surface area (Å²) in [6, 6.07) is 0.731. The molecule has 60 valence electrons. The lowest BCUT2D eigenvalue weighted by Gasteiger charge is -2.23. The molecule has 1 aliphatic heterocycles. The molecule has 1 aliphatic rings. The van der Waals surface area contributed by atoms with Gasteiger partial charge in [0.05, 0.1) is 0 Å². The van der Waals surface area contributed by atoms with Gasteiger partial charge in [0.25, 0.3) is 0 Å². The second-order valence-electron chi connectivity index (χ2n) is 2.96. The molecule has 1 N–H and O–H groups in total. The van der Waals surface area contributed by atoms with Crippen LogP contribution in [0, 0.1) is 0 Å². The topological polar surface area (TPSA) is 15.3 Å². The average Bonchev–Trinajstić information content (AvgIpc) is 2.33. The van der Waals surface area contributed by atoms with E-state index in [0.29, 0.717) is 0 Å². The molecular weight excluding hydrogens is 144 g/mol. The summed E-state index contributed by atoms with van der Waals surface area (Å²) >= 11 is 1.96. The number of likely N-dealkylation sites (N-methyl/N-ethyl adjacent to an activating group) is 1. The van der Waals surface area contributed by atoms with Gasteiger partial charge in [0.15, 0.2) is 0 Å². The third-order valence-electron chi connectivity index (χ3n) is 2.09. The van der Waals surface area contributed by atoms with Gasteiger partial charge in [0.1, 0.15) is 0 Å². The monoisotopic (exact) mass is 160 g/mol. The van der Waals surface area contributed by atoms with Crippen LogP contribution >= 0.6 is 11.8 Å². The van der Waals surface area contributed by atoms with E-state index >= 15 is 0 Å². The van der Waals surface area contributed by atoms with Crippen LogP contribution in [0.15, 0.2) is 0 Å². The van der Waals surface area contributed by atoms with Crippen LogP contribution in [0.2, 0.25) is 0 Å². The Hall–Kier alpha value is 0.270. The van der Waals surface area contributed by atoms with Crippen molar-refractivity contribution in [1.29, 1.82) is 0 Å². The normalized spacial score (nSPS) is 33.6. The molecule has 3 heteroatoms. The summed E-state index contributed by atoms with van der Waals surface area (Å²) in [7, 11) is 4.31. The summed E-state index contributed by atoms with van der Waals surface area (Å²) in [5.74, 6) is 0. The maximum absolute atomic E-state index is 3.39. The van der Waals surface area contributed by atoms with E-state index in [2.05, 4.69) is 30.6 Å². The predicted octanol–water partition coefficient (Wildman–Crippen LogP) is 0.251. The molecule has 1 rings (SSSR count). The van der Waals surface area contributed by atoms with Crippen LogP contribution in [0.4, 0.5) is 0 Å². The number of thioether (sulfide) groups is 1. The van der Waals surface area contributed by atoms with Crippen molar-refractivity contribution in [2.24, 2.45) is 0 Å². The fourth-order valence-electron chi connectivity index (χ4n) is 1.40. The fourth-order valence-corrected chi connectivity index (χ4v) is 2.33. The molecule has 1 fully saturated rings. The zero-order chi connectivity index (χ0) is 7.56. The van der Waals surface area contributed by atoms with Crippen LogP contribution in [0.5, 0.6) is 0 Å². The second kappa shape index (κ2) is 3.60. The van der Waals surface area contributed by atoms with Gasteiger partial charge in [-0.2, -0.15) is 11.8 Å². The van der Waals surface area contributed by atoms with Gasteiger partial charge < -0.3 is 10.2 Å². The van der Waals surface area contributed by atoms with E-state index in [1.54, 1.807) is 0 Å². The Kier molecular flexibility index (Phi) is 3.01. The lowest BCUT2D eigenvalue weighted by molar-refractivity contribution is 0.318. The van der Waals surface area contributed by atoms with E-state index < -0.39 is 0 Å². The van der Waals surface area contributed by atoms with Gasteiger partial charge in [0.2, 0.25) is 0 Å². The van der Waals surface area contributed by atoms with E-state index in [1.165, 1.54) is 6.54 Å². The van der Waals surface area contributed by atoms with Crippen molar-refractivity contribution in [3.05, 3.63) is 0 Å². The Morgan fingerprint density at radius 1 is 1.40 bits per heavy atom. The van der Waals surface area contributed by atoms with Crippen molar-refractivity contribution in [2.75, 3.05) is 33.4 Å². The molecule has 0 aromatic heterocycles. The summed E-state index contributed by atoms with van der Waals surface area (Å²) < 4.78 is 0. The Morgan fingerprint density at radius 3 is 2.50 bits per heavy atom. The van der Waals surface area contributed by atoms with Crippen molar-refractivity contribution in [3.63, 3.8) is 0 Å². The molecule has 0 aromatic carbocycles. The highest BCUT2D eigenvalue weighted by atomic mass is 32.2. The Bertz CT molecular complexity index is 106. The van der Waals surface area contributed by atoms with E-state index in [1.807, 2.05) is 11.8 Å². The highest BCUT2D eigenvalue weighted by molar-refractivity contribution is 7.99. The summed E-state index contributed by atoms with van der Waals surface area (Å²) in [5.41, 5.74) is 0. The van der Waals surface area contributed by atoms with Crippen LogP contribution < -0.4 is 5.32 Å². The third-order valence-corrected chi connectivity index (χ3v) is 3.18. The van der Waals surface area contributed by atoms with E-state index in [-0.39, 0.29) is 0 Å². The lowest BCUT2D eigenvalue weighted by atomic mass is 10.2. The minimum atomic E-state index is 0.731. The van der Waals surface area contributed by atoms with Gasteiger partial charge in [-0.3, -0.25) is 0 Å². The van der Waals surface area contributed by atoms with Crippen molar-refractivity contribution < 1.29 is 0 Å². The van der Waals surface area contributed by atoms with Crippen LogP contribution in [0.1, 0.15) is 0 Å². The van der Waals surface area contributed by atoms with Crippen molar-refractivity contribution >= 4 is 11.8 Å². The standard InChI is InChI=1S/C7H16N2S/c1-9(2)6-4-8-5-7(6)10-3/h6-8H,4-5H2,1-3H3/t6-,7+/m1/s1. The largest absolute Gasteiger partial charge is 0.314 e. The van der Waals surface area contributed by atoms with Crippen LogP contribution in [-0.4, -0.2) is 49.6 Å². The minimum Gasteiger partial charge on any atom is -0.314 e. The highest BCUT2D eigenvalue weighted by Crippen LogP contribution is 2.17. The molecule has 0 aromatic rings. The Labute approximate surface area is 67.4 Å². The molecule has 0 radical (unpaired) electrons. The van der Waals surface area contributed by atoms with Gasteiger partial charge in [-0.15, -0.1) is 0 Å². The summed E-state index contributed by atoms with van der Waals surface area (Å²) in [4.78, 5) is 2.31. The number of rotatable bonds is 2. The smallest absolute Gasteiger partial charge is 0.0345 e. The number of nitrogens with zero attached hydrogens (tertiary/aromatic N) is 1. The zero-order valence-corrected chi connectivity index (χ0v) is 7.74. The van der Waals surface area contributed by atoms with Crippen LogP contribution in [0.3, 0.4) is 0 Å². The first-order valence-corrected chi connectivity index (χ1v) is 4.94.